The van der Waals surface area contributed by atoms with Crippen molar-refractivity contribution in [2.45, 2.75) is 6.92 Å². The molecule has 5 heteroatoms. The first-order valence-corrected chi connectivity index (χ1v) is 6.36. The standard InChI is InChI=1S/C15H17N3O2/c1-11-3-2-9-17-14(11)15(19)18-12-4-6-13(7-5-12)20-10-8-16/h2-7,9H,8,10,16H2,1H3,(H,18,19). The number of aromatic nitrogens is 1. The van der Waals surface area contributed by atoms with Crippen molar-refractivity contribution in [2.75, 3.05) is 18.5 Å². The van der Waals surface area contributed by atoms with Gasteiger partial charge in [-0.05, 0) is 42.8 Å². The third kappa shape index (κ3) is 3.55. The maximum absolute atomic E-state index is 12.1. The quantitative estimate of drug-likeness (QED) is 0.871. The highest BCUT2D eigenvalue weighted by molar-refractivity contribution is 6.03. The summed E-state index contributed by atoms with van der Waals surface area (Å²) in [5.41, 5.74) is 7.32. The second-order valence-electron chi connectivity index (χ2n) is 4.28. The molecule has 0 saturated carbocycles. The summed E-state index contributed by atoms with van der Waals surface area (Å²) in [6, 6.07) is 10.8. The summed E-state index contributed by atoms with van der Waals surface area (Å²) >= 11 is 0. The summed E-state index contributed by atoms with van der Waals surface area (Å²) in [7, 11) is 0. The predicted octanol–water partition coefficient (Wildman–Crippen LogP) is 1.98. The van der Waals surface area contributed by atoms with E-state index < -0.39 is 0 Å². The molecule has 2 rings (SSSR count). The molecule has 0 saturated heterocycles. The van der Waals surface area contributed by atoms with Crippen LogP contribution in [-0.2, 0) is 0 Å². The molecular weight excluding hydrogens is 254 g/mol. The topological polar surface area (TPSA) is 77.2 Å². The minimum absolute atomic E-state index is 0.223. The molecule has 1 amide bonds. The Kier molecular flexibility index (Phi) is 4.68. The van der Waals surface area contributed by atoms with E-state index >= 15 is 0 Å². The number of nitrogens with two attached hydrogens (primary N) is 1. The molecule has 0 bridgehead atoms. The zero-order valence-corrected chi connectivity index (χ0v) is 11.3. The first kappa shape index (κ1) is 14.0. The Balaban J connectivity index is 2.03. The minimum Gasteiger partial charge on any atom is -0.492 e. The number of hydrogen-bond donors (Lipinski definition) is 2. The molecule has 0 aliphatic heterocycles. The number of aryl methyl sites for hydroxylation is 1. The van der Waals surface area contributed by atoms with Gasteiger partial charge in [-0.1, -0.05) is 6.07 Å². The van der Waals surface area contributed by atoms with Crippen LogP contribution in [0.4, 0.5) is 5.69 Å². The lowest BCUT2D eigenvalue weighted by molar-refractivity contribution is 0.102. The Hall–Kier alpha value is -2.40. The van der Waals surface area contributed by atoms with Crippen LogP contribution in [0.3, 0.4) is 0 Å². The highest BCUT2D eigenvalue weighted by Crippen LogP contribution is 2.16. The van der Waals surface area contributed by atoms with Crippen molar-refractivity contribution in [3.63, 3.8) is 0 Å². The summed E-state index contributed by atoms with van der Waals surface area (Å²) in [4.78, 5) is 16.2. The summed E-state index contributed by atoms with van der Waals surface area (Å²) < 4.78 is 5.37. The largest absolute Gasteiger partial charge is 0.492 e. The van der Waals surface area contributed by atoms with Crippen LogP contribution in [-0.4, -0.2) is 24.0 Å². The van der Waals surface area contributed by atoms with E-state index in [1.807, 2.05) is 13.0 Å². The number of benzene rings is 1. The molecule has 0 atom stereocenters. The maximum Gasteiger partial charge on any atom is 0.274 e. The number of anilines is 1. The van der Waals surface area contributed by atoms with Crippen LogP contribution in [0.1, 0.15) is 16.1 Å². The zero-order valence-electron chi connectivity index (χ0n) is 11.3. The first-order valence-electron chi connectivity index (χ1n) is 6.36. The number of ether oxygens (including phenoxy) is 1. The Morgan fingerprint density at radius 3 is 2.70 bits per heavy atom. The van der Waals surface area contributed by atoms with Gasteiger partial charge in [-0.15, -0.1) is 0 Å². The van der Waals surface area contributed by atoms with Gasteiger partial charge in [0.2, 0.25) is 0 Å². The molecule has 5 nitrogen and oxygen atoms in total. The van der Waals surface area contributed by atoms with E-state index in [4.69, 9.17) is 10.5 Å². The van der Waals surface area contributed by atoms with Gasteiger partial charge in [-0.2, -0.15) is 0 Å². The average molecular weight is 271 g/mol. The molecule has 104 valence electrons. The van der Waals surface area contributed by atoms with Gasteiger partial charge in [-0.3, -0.25) is 9.78 Å². The van der Waals surface area contributed by atoms with Crippen molar-refractivity contribution in [2.24, 2.45) is 5.73 Å². The van der Waals surface area contributed by atoms with Crippen molar-refractivity contribution in [1.29, 1.82) is 0 Å². The molecule has 1 heterocycles. The molecule has 2 aromatic rings. The number of nitrogens with one attached hydrogen (secondary N) is 1. The van der Waals surface area contributed by atoms with E-state index in [0.717, 1.165) is 11.3 Å². The van der Waals surface area contributed by atoms with E-state index in [1.54, 1.807) is 36.5 Å². The predicted molar refractivity (Wildman–Crippen MR) is 77.9 cm³/mol. The lowest BCUT2D eigenvalue weighted by Gasteiger charge is -2.08. The molecule has 1 aromatic heterocycles. The van der Waals surface area contributed by atoms with Crippen molar-refractivity contribution < 1.29 is 9.53 Å². The smallest absolute Gasteiger partial charge is 0.274 e. The summed E-state index contributed by atoms with van der Waals surface area (Å²) in [5, 5.41) is 2.80. The molecule has 0 radical (unpaired) electrons. The Labute approximate surface area is 117 Å². The Bertz CT molecular complexity index is 582. The summed E-state index contributed by atoms with van der Waals surface area (Å²) in [6.45, 7) is 2.79. The fourth-order valence-corrected chi connectivity index (χ4v) is 1.72. The van der Waals surface area contributed by atoms with E-state index in [0.29, 0.717) is 24.5 Å². The van der Waals surface area contributed by atoms with Gasteiger partial charge in [0.15, 0.2) is 0 Å². The number of rotatable bonds is 5. The summed E-state index contributed by atoms with van der Waals surface area (Å²) in [6.07, 6.45) is 1.60. The molecule has 0 fully saturated rings. The molecule has 0 aliphatic rings. The molecular formula is C15H17N3O2. The fraction of sp³-hybridized carbons (Fsp3) is 0.200. The van der Waals surface area contributed by atoms with E-state index in [2.05, 4.69) is 10.3 Å². The second-order valence-corrected chi connectivity index (χ2v) is 4.28. The number of amides is 1. The third-order valence-electron chi connectivity index (χ3n) is 2.72. The number of nitrogens with zero attached hydrogens (tertiary/aromatic N) is 1. The van der Waals surface area contributed by atoms with E-state index in [9.17, 15) is 4.79 Å². The van der Waals surface area contributed by atoms with Crippen molar-refractivity contribution in [3.05, 3.63) is 53.9 Å². The van der Waals surface area contributed by atoms with Gasteiger partial charge in [0.1, 0.15) is 18.1 Å². The molecule has 1 aromatic carbocycles. The van der Waals surface area contributed by atoms with Gasteiger partial charge in [0.05, 0.1) is 0 Å². The van der Waals surface area contributed by atoms with Crippen LogP contribution >= 0.6 is 0 Å². The highest BCUT2D eigenvalue weighted by atomic mass is 16.5. The van der Waals surface area contributed by atoms with Crippen LogP contribution in [0.15, 0.2) is 42.6 Å². The zero-order chi connectivity index (χ0) is 14.4. The van der Waals surface area contributed by atoms with E-state index in [1.165, 1.54) is 0 Å². The van der Waals surface area contributed by atoms with Crippen molar-refractivity contribution in [3.8, 4) is 5.75 Å². The summed E-state index contributed by atoms with van der Waals surface area (Å²) in [5.74, 6) is 0.501. The molecule has 0 aliphatic carbocycles. The molecule has 0 spiro atoms. The third-order valence-corrected chi connectivity index (χ3v) is 2.72. The molecule has 0 unspecified atom stereocenters. The van der Waals surface area contributed by atoms with Gasteiger partial charge >= 0.3 is 0 Å². The van der Waals surface area contributed by atoms with Gasteiger partial charge in [0, 0.05) is 18.4 Å². The normalized spacial score (nSPS) is 10.1. The SMILES string of the molecule is Cc1cccnc1C(=O)Nc1ccc(OCCN)cc1. The van der Waals surface area contributed by atoms with Crippen LogP contribution in [0, 0.1) is 6.92 Å². The van der Waals surface area contributed by atoms with Crippen LogP contribution in [0.25, 0.3) is 0 Å². The van der Waals surface area contributed by atoms with Crippen LogP contribution in [0.2, 0.25) is 0 Å². The van der Waals surface area contributed by atoms with Gasteiger partial charge in [-0.25, -0.2) is 0 Å². The Morgan fingerprint density at radius 2 is 2.05 bits per heavy atom. The van der Waals surface area contributed by atoms with Crippen LogP contribution in [0.5, 0.6) is 5.75 Å². The van der Waals surface area contributed by atoms with Crippen LogP contribution < -0.4 is 15.8 Å². The molecule has 3 N–H and O–H groups in total. The minimum atomic E-state index is -0.223. The second kappa shape index (κ2) is 6.68. The number of hydrogen-bond acceptors (Lipinski definition) is 4. The van der Waals surface area contributed by atoms with Crippen molar-refractivity contribution >= 4 is 11.6 Å². The van der Waals surface area contributed by atoms with Crippen molar-refractivity contribution in [1.82, 2.24) is 4.98 Å². The Morgan fingerprint density at radius 1 is 1.30 bits per heavy atom. The number of carbonyl (C=O) groups is 1. The lowest BCUT2D eigenvalue weighted by atomic mass is 10.2. The number of pyridine rings is 1. The number of carbonyl (C=O) groups excluding carboxylic acids is 1. The lowest BCUT2D eigenvalue weighted by Crippen LogP contribution is -2.15. The average Bonchev–Trinajstić information content (AvgIpc) is 2.47. The monoisotopic (exact) mass is 271 g/mol. The highest BCUT2D eigenvalue weighted by Gasteiger charge is 2.10. The first-order chi connectivity index (χ1) is 9.70. The molecule has 20 heavy (non-hydrogen) atoms. The maximum atomic E-state index is 12.1. The fourth-order valence-electron chi connectivity index (χ4n) is 1.72. The van der Waals surface area contributed by atoms with E-state index in [-0.39, 0.29) is 5.91 Å². The van der Waals surface area contributed by atoms with Gasteiger partial charge < -0.3 is 15.8 Å². The van der Waals surface area contributed by atoms with Gasteiger partial charge in [0.25, 0.3) is 5.91 Å².